The first-order valence-corrected chi connectivity index (χ1v) is 3.67. The molecule has 0 radical (unpaired) electrons. The van der Waals surface area contributed by atoms with Crippen molar-refractivity contribution in [3.63, 3.8) is 0 Å². The lowest BCUT2D eigenvalue weighted by Crippen LogP contribution is -2.25. The van der Waals surface area contributed by atoms with E-state index in [9.17, 15) is 0 Å². The summed E-state index contributed by atoms with van der Waals surface area (Å²) in [5.74, 6) is 0. The van der Waals surface area contributed by atoms with Crippen LogP contribution in [0.5, 0.6) is 0 Å². The van der Waals surface area contributed by atoms with Gasteiger partial charge >= 0.3 is 0 Å². The highest BCUT2D eigenvalue weighted by molar-refractivity contribution is 4.77. The molecular weight excluding hydrogens is 142 g/mol. The smallest absolute Gasteiger partial charge is 0.0583 e. The lowest BCUT2D eigenvalue weighted by atomic mass is 10.2. The van der Waals surface area contributed by atoms with Crippen LogP contribution in [-0.2, 0) is 6.54 Å². The highest BCUT2D eigenvalue weighted by Gasteiger charge is 1.99. The number of aryl methyl sites for hydroxylation is 1. The van der Waals surface area contributed by atoms with Crippen LogP contribution < -0.4 is 5.73 Å². The lowest BCUT2D eigenvalue weighted by molar-refractivity contribution is 0.255. The van der Waals surface area contributed by atoms with E-state index in [4.69, 9.17) is 10.8 Å². The fraction of sp³-hybridized carbons (Fsp3) is 0.571. The van der Waals surface area contributed by atoms with Crippen LogP contribution in [-0.4, -0.2) is 27.5 Å². The van der Waals surface area contributed by atoms with Crippen LogP contribution in [0.1, 0.15) is 6.42 Å². The second-order valence-electron chi connectivity index (χ2n) is 2.50. The van der Waals surface area contributed by atoms with Crippen molar-refractivity contribution in [1.29, 1.82) is 0 Å². The van der Waals surface area contributed by atoms with Crippen LogP contribution in [0.4, 0.5) is 0 Å². The zero-order chi connectivity index (χ0) is 8.10. The lowest BCUT2D eigenvalue weighted by Gasteiger charge is -2.06. The van der Waals surface area contributed by atoms with E-state index in [2.05, 4.69) is 5.10 Å². The van der Waals surface area contributed by atoms with Gasteiger partial charge in [0, 0.05) is 25.0 Å². The zero-order valence-corrected chi connectivity index (χ0v) is 6.35. The van der Waals surface area contributed by atoms with Crippen molar-refractivity contribution in [1.82, 2.24) is 9.78 Å². The van der Waals surface area contributed by atoms with Crippen LogP contribution >= 0.6 is 0 Å². The summed E-state index contributed by atoms with van der Waals surface area (Å²) in [5, 5.41) is 12.6. The van der Waals surface area contributed by atoms with Crippen molar-refractivity contribution in [2.75, 3.05) is 6.61 Å². The molecule has 0 fully saturated rings. The Balaban J connectivity index is 2.23. The summed E-state index contributed by atoms with van der Waals surface area (Å²) in [4.78, 5) is 0. The molecule has 0 bridgehead atoms. The van der Waals surface area contributed by atoms with Gasteiger partial charge in [-0.15, -0.1) is 0 Å². The summed E-state index contributed by atoms with van der Waals surface area (Å²) in [5.41, 5.74) is 5.50. The number of aliphatic hydroxyl groups excluding tert-OH is 1. The van der Waals surface area contributed by atoms with Gasteiger partial charge in [-0.3, -0.25) is 4.68 Å². The van der Waals surface area contributed by atoms with Gasteiger partial charge in [0.15, 0.2) is 0 Å². The molecule has 0 aliphatic heterocycles. The van der Waals surface area contributed by atoms with Crippen molar-refractivity contribution in [3.8, 4) is 0 Å². The van der Waals surface area contributed by atoms with E-state index >= 15 is 0 Å². The van der Waals surface area contributed by atoms with Gasteiger partial charge < -0.3 is 10.8 Å². The Labute approximate surface area is 65.6 Å². The number of aliphatic hydroxyl groups is 1. The summed E-state index contributed by atoms with van der Waals surface area (Å²) >= 11 is 0. The Kier molecular flexibility index (Phi) is 3.07. The molecule has 1 rings (SSSR count). The molecule has 0 aliphatic rings. The number of rotatable bonds is 4. The molecule has 0 amide bonds. The maximum absolute atomic E-state index is 8.61. The van der Waals surface area contributed by atoms with Crippen LogP contribution in [0.15, 0.2) is 18.5 Å². The van der Waals surface area contributed by atoms with Gasteiger partial charge in [-0.2, -0.15) is 5.10 Å². The SMILES string of the molecule is N[C@H](CO)CCn1cccn1. The largest absolute Gasteiger partial charge is 0.395 e. The summed E-state index contributed by atoms with van der Waals surface area (Å²) in [7, 11) is 0. The molecule has 1 atom stereocenters. The fourth-order valence-electron chi connectivity index (χ4n) is 0.822. The third-order valence-corrected chi connectivity index (χ3v) is 1.52. The Hall–Kier alpha value is -0.870. The number of aromatic nitrogens is 2. The molecule has 1 aromatic rings. The average molecular weight is 155 g/mol. The predicted octanol–water partition coefficient (Wildman–Crippen LogP) is -0.407. The Morgan fingerprint density at radius 2 is 2.45 bits per heavy atom. The highest BCUT2D eigenvalue weighted by Crippen LogP contribution is 1.92. The fourth-order valence-corrected chi connectivity index (χ4v) is 0.822. The predicted molar refractivity (Wildman–Crippen MR) is 41.9 cm³/mol. The normalized spacial score (nSPS) is 13.3. The van der Waals surface area contributed by atoms with Gasteiger partial charge in [-0.05, 0) is 12.5 Å². The molecule has 0 aliphatic carbocycles. The second-order valence-corrected chi connectivity index (χ2v) is 2.50. The molecule has 11 heavy (non-hydrogen) atoms. The molecule has 62 valence electrons. The first kappa shape index (κ1) is 8.23. The summed E-state index contributed by atoms with van der Waals surface area (Å²) in [6, 6.07) is 1.74. The van der Waals surface area contributed by atoms with E-state index in [-0.39, 0.29) is 12.6 Å². The van der Waals surface area contributed by atoms with Crippen LogP contribution in [0.25, 0.3) is 0 Å². The van der Waals surface area contributed by atoms with Crippen molar-refractivity contribution in [3.05, 3.63) is 18.5 Å². The van der Waals surface area contributed by atoms with E-state index in [1.165, 1.54) is 0 Å². The zero-order valence-electron chi connectivity index (χ0n) is 6.35. The number of nitrogens with two attached hydrogens (primary N) is 1. The van der Waals surface area contributed by atoms with Gasteiger partial charge in [0.05, 0.1) is 6.61 Å². The third-order valence-electron chi connectivity index (χ3n) is 1.52. The Morgan fingerprint density at radius 1 is 1.64 bits per heavy atom. The van der Waals surface area contributed by atoms with Crippen LogP contribution in [0.3, 0.4) is 0 Å². The minimum Gasteiger partial charge on any atom is -0.395 e. The van der Waals surface area contributed by atoms with Crippen molar-refractivity contribution < 1.29 is 5.11 Å². The van der Waals surface area contributed by atoms with Crippen molar-refractivity contribution >= 4 is 0 Å². The quantitative estimate of drug-likeness (QED) is 0.621. The minimum absolute atomic E-state index is 0.0429. The molecule has 0 aromatic carbocycles. The molecule has 4 nitrogen and oxygen atoms in total. The maximum atomic E-state index is 8.61. The van der Waals surface area contributed by atoms with E-state index in [1.807, 2.05) is 12.3 Å². The van der Waals surface area contributed by atoms with Gasteiger partial charge in [0.2, 0.25) is 0 Å². The van der Waals surface area contributed by atoms with E-state index in [0.717, 1.165) is 13.0 Å². The number of hydrogen-bond acceptors (Lipinski definition) is 3. The molecule has 0 saturated heterocycles. The maximum Gasteiger partial charge on any atom is 0.0583 e. The number of hydrogen-bond donors (Lipinski definition) is 2. The van der Waals surface area contributed by atoms with Gasteiger partial charge in [0.25, 0.3) is 0 Å². The summed E-state index contributed by atoms with van der Waals surface area (Å²) < 4.78 is 1.80. The standard InChI is InChI=1S/C7H13N3O/c8-7(6-11)2-5-10-4-1-3-9-10/h1,3-4,7,11H,2,5-6,8H2/t7-/m0/s1. The van der Waals surface area contributed by atoms with Gasteiger partial charge in [0.1, 0.15) is 0 Å². The van der Waals surface area contributed by atoms with E-state index in [0.29, 0.717) is 0 Å². The monoisotopic (exact) mass is 155 g/mol. The molecule has 1 heterocycles. The minimum atomic E-state index is -0.126. The highest BCUT2D eigenvalue weighted by atomic mass is 16.3. The first-order valence-electron chi connectivity index (χ1n) is 3.67. The average Bonchev–Trinajstić information content (AvgIpc) is 2.52. The van der Waals surface area contributed by atoms with Crippen molar-refractivity contribution in [2.24, 2.45) is 5.73 Å². The van der Waals surface area contributed by atoms with Crippen LogP contribution in [0.2, 0.25) is 0 Å². The molecule has 0 saturated carbocycles. The Bertz CT molecular complexity index is 186. The number of nitrogens with zero attached hydrogens (tertiary/aromatic N) is 2. The van der Waals surface area contributed by atoms with Gasteiger partial charge in [-0.25, -0.2) is 0 Å². The molecule has 0 unspecified atom stereocenters. The molecule has 1 aromatic heterocycles. The van der Waals surface area contributed by atoms with Crippen LogP contribution in [0, 0.1) is 0 Å². The van der Waals surface area contributed by atoms with E-state index < -0.39 is 0 Å². The summed E-state index contributed by atoms with van der Waals surface area (Å²) in [6.45, 7) is 0.815. The molecule has 3 N–H and O–H groups in total. The Morgan fingerprint density at radius 3 is 3.00 bits per heavy atom. The second kappa shape index (κ2) is 4.10. The van der Waals surface area contributed by atoms with E-state index in [1.54, 1.807) is 10.9 Å². The molecular formula is C7H13N3O. The molecule has 4 heteroatoms. The topological polar surface area (TPSA) is 64.1 Å². The third kappa shape index (κ3) is 2.69. The molecule has 0 spiro atoms. The summed E-state index contributed by atoms with van der Waals surface area (Å²) in [6.07, 6.45) is 4.37. The van der Waals surface area contributed by atoms with Gasteiger partial charge in [-0.1, -0.05) is 0 Å². The first-order chi connectivity index (χ1) is 5.33. The van der Waals surface area contributed by atoms with Crippen molar-refractivity contribution in [2.45, 2.75) is 19.0 Å².